The van der Waals surface area contributed by atoms with E-state index in [2.05, 4.69) is 20.0 Å². The molecule has 2 aromatic carbocycles. The summed E-state index contributed by atoms with van der Waals surface area (Å²) in [5.41, 5.74) is 2.76. The summed E-state index contributed by atoms with van der Waals surface area (Å²) in [7, 11) is 0. The van der Waals surface area contributed by atoms with Crippen LogP contribution in [0, 0.1) is 11.6 Å². The Labute approximate surface area is 166 Å². The third-order valence-electron chi connectivity index (χ3n) is 4.62. The van der Waals surface area contributed by atoms with Crippen LogP contribution in [0.5, 0.6) is 0 Å². The highest BCUT2D eigenvalue weighted by molar-refractivity contribution is 7.98. The van der Waals surface area contributed by atoms with Crippen LogP contribution >= 0.6 is 11.9 Å². The van der Waals surface area contributed by atoms with Gasteiger partial charge in [0.15, 0.2) is 0 Å². The van der Waals surface area contributed by atoms with E-state index in [1.807, 2.05) is 31.2 Å². The summed E-state index contributed by atoms with van der Waals surface area (Å²) in [6.45, 7) is 2.09. The first-order valence-corrected chi connectivity index (χ1v) is 9.66. The van der Waals surface area contributed by atoms with Gasteiger partial charge in [-0.3, -0.25) is 9.71 Å². The topological polar surface area (TPSA) is 49.3 Å². The van der Waals surface area contributed by atoms with E-state index < -0.39 is 0 Å². The van der Waals surface area contributed by atoms with Crippen LogP contribution in [0.3, 0.4) is 0 Å². The highest BCUT2D eigenvalue weighted by Crippen LogP contribution is 2.38. The van der Waals surface area contributed by atoms with Crippen molar-refractivity contribution in [2.24, 2.45) is 4.99 Å². The maximum Gasteiger partial charge on any atom is 0.206 e. The number of hydrogen-bond donors (Lipinski definition) is 2. The van der Waals surface area contributed by atoms with Crippen LogP contribution in [0.15, 0.2) is 70.7 Å². The first kappa shape index (κ1) is 18.4. The molecule has 0 bridgehead atoms. The zero-order valence-corrected chi connectivity index (χ0v) is 15.9. The van der Waals surface area contributed by atoms with Crippen LogP contribution in [-0.2, 0) is 6.54 Å². The number of benzene rings is 2. The average molecular weight is 396 g/mol. The zero-order chi connectivity index (χ0) is 19.5. The van der Waals surface area contributed by atoms with Crippen LogP contribution < -0.4 is 10.0 Å². The Bertz CT molecular complexity index is 1040. The van der Waals surface area contributed by atoms with Gasteiger partial charge in [0.05, 0.1) is 22.8 Å². The maximum atomic E-state index is 14.3. The molecule has 1 unspecified atom stereocenters. The second-order valence-corrected chi connectivity index (χ2v) is 7.24. The van der Waals surface area contributed by atoms with Crippen LogP contribution in [-0.4, -0.2) is 10.9 Å². The van der Waals surface area contributed by atoms with Gasteiger partial charge in [-0.15, -0.1) is 0 Å². The molecule has 0 aliphatic carbocycles. The molecule has 7 heteroatoms. The molecular weight excluding hydrogens is 378 g/mol. The van der Waals surface area contributed by atoms with Gasteiger partial charge in [0.25, 0.3) is 0 Å². The predicted molar refractivity (Wildman–Crippen MR) is 108 cm³/mol. The Morgan fingerprint density at radius 2 is 1.79 bits per heavy atom. The van der Waals surface area contributed by atoms with Crippen molar-refractivity contribution >= 4 is 23.6 Å². The van der Waals surface area contributed by atoms with Gasteiger partial charge in [0.1, 0.15) is 11.6 Å². The van der Waals surface area contributed by atoms with Crippen molar-refractivity contribution in [3.05, 3.63) is 89.2 Å². The quantitative estimate of drug-likeness (QED) is 0.603. The van der Waals surface area contributed by atoms with Gasteiger partial charge in [-0.05, 0) is 47.3 Å². The Balaban J connectivity index is 1.62. The minimum Gasteiger partial charge on any atom is -0.324 e. The summed E-state index contributed by atoms with van der Waals surface area (Å²) in [6.07, 6.45) is 1.54. The molecule has 4 rings (SSSR count). The Morgan fingerprint density at radius 1 is 1.00 bits per heavy atom. The number of rotatable bonds is 4. The zero-order valence-electron chi connectivity index (χ0n) is 15.1. The van der Waals surface area contributed by atoms with Gasteiger partial charge in [-0.2, -0.15) is 0 Å². The number of nitrogens with one attached hydrogen (secondary N) is 2. The van der Waals surface area contributed by atoms with Gasteiger partial charge in [0, 0.05) is 12.1 Å². The summed E-state index contributed by atoms with van der Waals surface area (Å²) in [4.78, 5) is 9.41. The molecule has 142 valence electrons. The molecule has 2 N–H and O–H groups in total. The van der Waals surface area contributed by atoms with E-state index in [1.165, 1.54) is 24.1 Å². The van der Waals surface area contributed by atoms with Crippen molar-refractivity contribution in [2.45, 2.75) is 24.3 Å². The molecule has 1 aromatic heterocycles. The molecule has 0 spiro atoms. The number of pyridine rings is 1. The van der Waals surface area contributed by atoms with Crippen molar-refractivity contribution in [3.63, 3.8) is 0 Å². The first-order chi connectivity index (χ1) is 13.6. The third kappa shape index (κ3) is 3.71. The van der Waals surface area contributed by atoms with Gasteiger partial charge >= 0.3 is 0 Å². The molecule has 1 aliphatic heterocycles. The summed E-state index contributed by atoms with van der Waals surface area (Å²) in [5.74, 6) is -0.245. The van der Waals surface area contributed by atoms with Crippen LogP contribution in [0.2, 0.25) is 0 Å². The second kappa shape index (κ2) is 7.98. The summed E-state index contributed by atoms with van der Waals surface area (Å²) >= 11 is 1.42. The normalized spacial score (nSPS) is 15.5. The fourth-order valence-corrected chi connectivity index (χ4v) is 3.87. The Kier molecular flexibility index (Phi) is 5.25. The van der Waals surface area contributed by atoms with E-state index in [4.69, 9.17) is 0 Å². The van der Waals surface area contributed by atoms with E-state index in [0.29, 0.717) is 11.5 Å². The van der Waals surface area contributed by atoms with Crippen LogP contribution in [0.25, 0.3) is 0 Å². The second-order valence-electron chi connectivity index (χ2n) is 6.39. The van der Waals surface area contributed by atoms with Gasteiger partial charge in [-0.25, -0.2) is 13.8 Å². The predicted octanol–water partition coefficient (Wildman–Crippen LogP) is 5.09. The monoisotopic (exact) mass is 396 g/mol. The number of guanidine groups is 1. The molecule has 0 radical (unpaired) electrons. The molecule has 1 aliphatic rings. The highest BCUT2D eigenvalue weighted by Gasteiger charge is 2.22. The van der Waals surface area contributed by atoms with Crippen LogP contribution in [0.4, 0.5) is 14.5 Å². The minimum atomic E-state index is -0.385. The van der Waals surface area contributed by atoms with Crippen molar-refractivity contribution < 1.29 is 8.78 Å². The summed E-state index contributed by atoms with van der Waals surface area (Å²) in [5, 5.41) is 3.27. The fourth-order valence-electron chi connectivity index (χ4n) is 3.13. The van der Waals surface area contributed by atoms with Gasteiger partial charge in [0.2, 0.25) is 5.96 Å². The molecule has 0 saturated carbocycles. The standard InChI is InChI=1S/C21H18F2N4S/c1-13(14-6-2-3-8-16(14)22)15-7-4-10-19-20(15)26-21(27-28-19)25-12-18-17(23)9-5-11-24-18/h2-11,13H,12H2,1H3,(H2,25,26,27). The number of anilines is 1. The van der Waals surface area contributed by atoms with Crippen molar-refractivity contribution in [1.82, 2.24) is 9.71 Å². The van der Waals surface area contributed by atoms with E-state index in [9.17, 15) is 8.78 Å². The number of fused-ring (bicyclic) bond motifs is 1. The SMILES string of the molecule is CC(c1ccccc1F)c1cccc2c1NC(=NCc1ncccc1F)NS2. The minimum absolute atomic E-state index is 0.114. The number of hydrogen-bond acceptors (Lipinski definition) is 3. The molecule has 0 amide bonds. The lowest BCUT2D eigenvalue weighted by Gasteiger charge is -2.25. The maximum absolute atomic E-state index is 14.3. The highest BCUT2D eigenvalue weighted by atomic mass is 32.2. The van der Waals surface area contributed by atoms with Gasteiger partial charge in [-0.1, -0.05) is 37.3 Å². The number of halogens is 2. The largest absolute Gasteiger partial charge is 0.324 e. The Hall–Kier alpha value is -2.93. The molecule has 0 saturated heterocycles. The Morgan fingerprint density at radius 3 is 2.61 bits per heavy atom. The molecule has 1 atom stereocenters. The first-order valence-electron chi connectivity index (χ1n) is 8.84. The lowest BCUT2D eigenvalue weighted by Crippen LogP contribution is -2.30. The molecule has 3 aromatic rings. The number of aromatic nitrogens is 1. The van der Waals surface area contributed by atoms with Crippen LogP contribution in [0.1, 0.15) is 29.7 Å². The van der Waals surface area contributed by atoms with E-state index >= 15 is 0 Å². The summed E-state index contributed by atoms with van der Waals surface area (Å²) in [6, 6.07) is 15.6. The average Bonchev–Trinajstić information content (AvgIpc) is 2.72. The third-order valence-corrected chi connectivity index (χ3v) is 5.47. The fraction of sp³-hybridized carbons (Fsp3) is 0.143. The van der Waals surface area contributed by atoms with E-state index in [-0.39, 0.29) is 29.8 Å². The van der Waals surface area contributed by atoms with Crippen molar-refractivity contribution in [2.75, 3.05) is 5.32 Å². The molecule has 2 heterocycles. The van der Waals surface area contributed by atoms with Crippen molar-refractivity contribution in [1.29, 1.82) is 0 Å². The molecule has 4 nitrogen and oxygen atoms in total. The smallest absolute Gasteiger partial charge is 0.206 e. The summed E-state index contributed by atoms with van der Waals surface area (Å²) < 4.78 is 31.2. The molecule has 28 heavy (non-hydrogen) atoms. The van der Waals surface area contributed by atoms with Gasteiger partial charge < -0.3 is 5.32 Å². The number of aliphatic imine (C=N–C) groups is 1. The molecular formula is C21H18F2N4S. The van der Waals surface area contributed by atoms with E-state index in [1.54, 1.807) is 24.4 Å². The number of para-hydroxylation sites is 1. The molecule has 0 fully saturated rings. The lowest BCUT2D eigenvalue weighted by molar-refractivity contribution is 0.600. The van der Waals surface area contributed by atoms with E-state index in [0.717, 1.165) is 16.1 Å². The lowest BCUT2D eigenvalue weighted by atomic mass is 9.91. The van der Waals surface area contributed by atoms with Crippen molar-refractivity contribution in [3.8, 4) is 0 Å². The number of nitrogens with zero attached hydrogens (tertiary/aromatic N) is 2.